The first-order chi connectivity index (χ1) is 24.2. The standard InChI is InChI=1S/C47H45NOS/c1-45(2)20-21-46(3,4)38-26-31(16-18-35(38)45)48(40-13-9-11-34-33-10-5-7-14-41(33)49-44(34)40)32-17-19-43-39(27-32)47(36-12-6-8-15-42(36)50-43)30-23-28-22-29(25-30)37(47)24-28/h5-19,26-30,37H,20-25H2,1-4H3. The van der Waals surface area contributed by atoms with Crippen LogP contribution in [0.15, 0.2) is 117 Å². The summed E-state index contributed by atoms with van der Waals surface area (Å²) in [5.41, 5.74) is 12.0. The quantitative estimate of drug-likeness (QED) is 0.186. The van der Waals surface area contributed by atoms with Crippen molar-refractivity contribution < 1.29 is 4.42 Å². The van der Waals surface area contributed by atoms with Gasteiger partial charge < -0.3 is 9.32 Å². The van der Waals surface area contributed by atoms with E-state index >= 15 is 0 Å². The van der Waals surface area contributed by atoms with Crippen LogP contribution in [-0.2, 0) is 16.2 Å². The van der Waals surface area contributed by atoms with Gasteiger partial charge in [-0.25, -0.2) is 0 Å². The fourth-order valence-electron chi connectivity index (χ4n) is 11.9. The maximum Gasteiger partial charge on any atom is 0.159 e. The van der Waals surface area contributed by atoms with Gasteiger partial charge in [-0.1, -0.05) is 94.1 Å². The van der Waals surface area contributed by atoms with Gasteiger partial charge in [-0.3, -0.25) is 0 Å². The van der Waals surface area contributed by atoms with Gasteiger partial charge in [0.2, 0.25) is 0 Å². The van der Waals surface area contributed by atoms with Crippen molar-refractivity contribution in [2.45, 2.75) is 92.3 Å². The summed E-state index contributed by atoms with van der Waals surface area (Å²) >= 11 is 2.00. The van der Waals surface area contributed by atoms with E-state index in [-0.39, 0.29) is 16.2 Å². The highest BCUT2D eigenvalue weighted by Gasteiger charge is 2.65. The minimum Gasteiger partial charge on any atom is -0.454 e. The summed E-state index contributed by atoms with van der Waals surface area (Å²) in [5.74, 6) is 3.24. The number of para-hydroxylation sites is 2. The molecule has 6 aliphatic rings. The fourth-order valence-corrected chi connectivity index (χ4v) is 13.1. The molecule has 4 bridgehead atoms. The Morgan fingerprint density at radius 3 is 2.20 bits per heavy atom. The molecule has 0 N–H and O–H groups in total. The predicted molar refractivity (Wildman–Crippen MR) is 207 cm³/mol. The Kier molecular flexibility index (Phi) is 6.01. The van der Waals surface area contributed by atoms with Gasteiger partial charge in [-0.05, 0) is 144 Å². The van der Waals surface area contributed by atoms with E-state index in [9.17, 15) is 0 Å². The zero-order chi connectivity index (χ0) is 33.6. The number of benzene rings is 5. The van der Waals surface area contributed by atoms with E-state index in [0.717, 1.165) is 40.5 Å². The molecule has 5 aliphatic carbocycles. The first-order valence-corrected chi connectivity index (χ1v) is 19.8. The highest BCUT2D eigenvalue weighted by atomic mass is 32.2. The van der Waals surface area contributed by atoms with Crippen LogP contribution in [0.25, 0.3) is 21.9 Å². The molecule has 4 saturated carbocycles. The van der Waals surface area contributed by atoms with Gasteiger partial charge in [0.1, 0.15) is 5.58 Å². The number of hydrogen-bond donors (Lipinski definition) is 0. The third-order valence-electron chi connectivity index (χ3n) is 14.2. The van der Waals surface area contributed by atoms with Crippen molar-refractivity contribution in [1.82, 2.24) is 0 Å². The van der Waals surface area contributed by atoms with Crippen LogP contribution in [0, 0.1) is 23.7 Å². The molecule has 0 radical (unpaired) electrons. The second kappa shape index (κ2) is 10.1. The summed E-state index contributed by atoms with van der Waals surface area (Å²) in [7, 11) is 0. The van der Waals surface area contributed by atoms with Crippen LogP contribution >= 0.6 is 11.8 Å². The molecule has 6 aromatic rings. The average Bonchev–Trinajstić information content (AvgIpc) is 3.72. The van der Waals surface area contributed by atoms with Crippen molar-refractivity contribution >= 4 is 50.8 Å². The Labute approximate surface area is 300 Å². The summed E-state index contributed by atoms with van der Waals surface area (Å²) in [6.07, 6.45) is 8.01. The number of fused-ring (bicyclic) bond motifs is 6. The first-order valence-electron chi connectivity index (χ1n) is 19.0. The second-order valence-electron chi connectivity index (χ2n) is 17.6. The molecule has 0 amide bonds. The Morgan fingerprint density at radius 1 is 0.620 bits per heavy atom. The van der Waals surface area contributed by atoms with Crippen molar-refractivity contribution in [3.05, 3.63) is 125 Å². The number of anilines is 3. The van der Waals surface area contributed by atoms with Gasteiger partial charge in [0.15, 0.2) is 5.58 Å². The molecule has 2 heterocycles. The Balaban J connectivity index is 1.17. The third-order valence-corrected chi connectivity index (χ3v) is 15.3. The molecule has 3 heteroatoms. The van der Waals surface area contributed by atoms with Crippen molar-refractivity contribution in [2.24, 2.45) is 23.7 Å². The van der Waals surface area contributed by atoms with E-state index in [1.54, 1.807) is 11.1 Å². The van der Waals surface area contributed by atoms with E-state index in [1.807, 2.05) is 11.8 Å². The Morgan fingerprint density at radius 2 is 1.34 bits per heavy atom. The van der Waals surface area contributed by atoms with E-state index in [0.29, 0.717) is 0 Å². The Hall–Kier alpha value is -3.95. The molecule has 50 heavy (non-hydrogen) atoms. The molecular weight excluding hydrogens is 627 g/mol. The van der Waals surface area contributed by atoms with Crippen LogP contribution in [0.1, 0.15) is 88.5 Å². The minimum absolute atomic E-state index is 0.101. The zero-order valence-electron chi connectivity index (χ0n) is 29.6. The van der Waals surface area contributed by atoms with E-state index in [2.05, 4.69) is 136 Å². The zero-order valence-corrected chi connectivity index (χ0v) is 30.4. The number of nitrogens with zero attached hydrogens (tertiary/aromatic N) is 1. The van der Waals surface area contributed by atoms with Crippen LogP contribution in [0.4, 0.5) is 17.1 Å². The van der Waals surface area contributed by atoms with Gasteiger partial charge in [-0.15, -0.1) is 0 Å². The van der Waals surface area contributed by atoms with Crippen LogP contribution in [0.2, 0.25) is 0 Å². The van der Waals surface area contributed by atoms with E-state index in [1.165, 1.54) is 81.6 Å². The molecule has 1 aromatic heterocycles. The summed E-state index contributed by atoms with van der Waals surface area (Å²) in [5, 5.41) is 2.35. The molecule has 250 valence electrons. The summed E-state index contributed by atoms with van der Waals surface area (Å²) < 4.78 is 6.78. The number of rotatable bonds is 3. The van der Waals surface area contributed by atoms with Crippen LogP contribution in [-0.4, -0.2) is 0 Å². The van der Waals surface area contributed by atoms with Crippen LogP contribution < -0.4 is 4.90 Å². The predicted octanol–water partition coefficient (Wildman–Crippen LogP) is 13.2. The van der Waals surface area contributed by atoms with Gasteiger partial charge in [0.05, 0.1) is 5.69 Å². The molecule has 5 unspecified atom stereocenters. The highest BCUT2D eigenvalue weighted by Crippen LogP contribution is 2.72. The molecule has 2 nitrogen and oxygen atoms in total. The third kappa shape index (κ3) is 3.88. The summed E-state index contributed by atoms with van der Waals surface area (Å²) in [4.78, 5) is 5.47. The van der Waals surface area contributed by atoms with Crippen molar-refractivity contribution in [3.8, 4) is 0 Å². The van der Waals surface area contributed by atoms with Crippen LogP contribution in [0.3, 0.4) is 0 Å². The minimum atomic E-state index is 0.101. The maximum absolute atomic E-state index is 6.78. The van der Waals surface area contributed by atoms with Gasteiger partial charge in [0.25, 0.3) is 0 Å². The molecule has 5 aromatic carbocycles. The molecule has 0 saturated heterocycles. The number of hydrogen-bond acceptors (Lipinski definition) is 3. The van der Waals surface area contributed by atoms with E-state index < -0.39 is 0 Å². The normalized spacial score (nSPS) is 27.8. The lowest BCUT2D eigenvalue weighted by Gasteiger charge is -2.49. The molecule has 4 fully saturated rings. The second-order valence-corrected chi connectivity index (χ2v) is 18.7. The first kappa shape index (κ1) is 29.7. The smallest absolute Gasteiger partial charge is 0.159 e. The lowest BCUT2D eigenvalue weighted by molar-refractivity contribution is 0.181. The van der Waals surface area contributed by atoms with Gasteiger partial charge >= 0.3 is 0 Å². The van der Waals surface area contributed by atoms with Crippen molar-refractivity contribution in [2.75, 3.05) is 4.90 Å². The fraction of sp³-hybridized carbons (Fsp3) is 0.362. The topological polar surface area (TPSA) is 16.4 Å². The largest absolute Gasteiger partial charge is 0.454 e. The monoisotopic (exact) mass is 671 g/mol. The van der Waals surface area contributed by atoms with Crippen molar-refractivity contribution in [1.29, 1.82) is 0 Å². The van der Waals surface area contributed by atoms with E-state index in [4.69, 9.17) is 4.42 Å². The number of furan rings is 1. The molecule has 1 spiro atoms. The van der Waals surface area contributed by atoms with Crippen molar-refractivity contribution in [3.63, 3.8) is 0 Å². The average molecular weight is 672 g/mol. The Bertz CT molecular complexity index is 2380. The van der Waals surface area contributed by atoms with Gasteiger partial charge in [0, 0.05) is 37.4 Å². The molecule has 5 atom stereocenters. The highest BCUT2D eigenvalue weighted by molar-refractivity contribution is 7.99. The summed E-state index contributed by atoms with van der Waals surface area (Å²) in [6.45, 7) is 9.73. The maximum atomic E-state index is 6.78. The van der Waals surface area contributed by atoms with Crippen LogP contribution in [0.5, 0.6) is 0 Å². The molecule has 1 aliphatic heterocycles. The molecular formula is C47H45NOS. The lowest BCUT2D eigenvalue weighted by Crippen LogP contribution is -2.44. The molecule has 12 rings (SSSR count). The summed E-state index contributed by atoms with van der Waals surface area (Å²) in [6, 6.07) is 39.5. The SMILES string of the molecule is CC1(C)CCC(C)(C)c2cc(N(c3ccc4c(c3)C3(c5ccccc5S4)C4CC5CC(C4)C3C5)c3cccc4c3oc3ccccc34)ccc21. The van der Waals surface area contributed by atoms with Gasteiger partial charge in [-0.2, -0.15) is 0 Å². The lowest BCUT2D eigenvalue weighted by atomic mass is 9.57.